The fourth-order valence-electron chi connectivity index (χ4n) is 1.31. The van der Waals surface area contributed by atoms with E-state index in [4.69, 9.17) is 5.11 Å². The minimum Gasteiger partial charge on any atom is -0.478 e. The first-order valence-electron chi connectivity index (χ1n) is 4.45. The zero-order valence-electron chi connectivity index (χ0n) is 8.20. The lowest BCUT2D eigenvalue weighted by molar-refractivity contribution is 0.0695. The van der Waals surface area contributed by atoms with Gasteiger partial charge in [-0.3, -0.25) is 4.79 Å². The second kappa shape index (κ2) is 4.09. The van der Waals surface area contributed by atoms with Crippen LogP contribution in [0.5, 0.6) is 0 Å². The van der Waals surface area contributed by atoms with Crippen molar-refractivity contribution in [1.82, 2.24) is 4.98 Å². The minimum absolute atomic E-state index is 0.0995. The monoisotopic (exact) mass is 195 g/mol. The first-order chi connectivity index (χ1) is 6.50. The molecule has 0 spiro atoms. The summed E-state index contributed by atoms with van der Waals surface area (Å²) in [5.74, 6) is -0.689. The third-order valence-corrected chi connectivity index (χ3v) is 1.87. The molecule has 76 valence electrons. The van der Waals surface area contributed by atoms with Crippen LogP contribution in [0.4, 0.5) is 0 Å². The summed E-state index contributed by atoms with van der Waals surface area (Å²) >= 11 is 0. The Morgan fingerprint density at radius 1 is 1.57 bits per heavy atom. The zero-order chi connectivity index (χ0) is 10.7. The third-order valence-electron chi connectivity index (χ3n) is 1.87. The molecular formula is C10H13NO3. The van der Waals surface area contributed by atoms with E-state index in [1.165, 1.54) is 6.20 Å². The van der Waals surface area contributed by atoms with Crippen LogP contribution in [0.25, 0.3) is 0 Å². The molecule has 0 saturated heterocycles. The fraction of sp³-hybridized carbons (Fsp3) is 0.400. The van der Waals surface area contributed by atoms with Crippen LogP contribution >= 0.6 is 0 Å². The van der Waals surface area contributed by atoms with Crippen LogP contribution in [0, 0.1) is 5.92 Å². The number of rotatable bonds is 3. The lowest BCUT2D eigenvalue weighted by Crippen LogP contribution is -2.13. The van der Waals surface area contributed by atoms with Gasteiger partial charge in [-0.15, -0.1) is 0 Å². The van der Waals surface area contributed by atoms with Crippen LogP contribution in [0.2, 0.25) is 0 Å². The molecule has 4 nitrogen and oxygen atoms in total. The van der Waals surface area contributed by atoms with Crippen LogP contribution in [0.3, 0.4) is 0 Å². The van der Waals surface area contributed by atoms with E-state index in [-0.39, 0.29) is 11.1 Å². The molecule has 0 saturated carbocycles. The van der Waals surface area contributed by atoms with Crippen molar-refractivity contribution in [3.05, 3.63) is 33.7 Å². The van der Waals surface area contributed by atoms with Crippen molar-refractivity contribution in [1.29, 1.82) is 0 Å². The predicted octanol–water partition coefficient (Wildman–Crippen LogP) is 1.27. The molecule has 0 aliphatic rings. The maximum absolute atomic E-state index is 10.9. The van der Waals surface area contributed by atoms with E-state index < -0.39 is 5.97 Å². The summed E-state index contributed by atoms with van der Waals surface area (Å²) in [6.45, 7) is 3.99. The summed E-state index contributed by atoms with van der Waals surface area (Å²) in [5, 5.41) is 8.85. The van der Waals surface area contributed by atoms with Gasteiger partial charge in [-0.1, -0.05) is 13.8 Å². The summed E-state index contributed by atoms with van der Waals surface area (Å²) < 4.78 is 0. The average molecular weight is 195 g/mol. The largest absolute Gasteiger partial charge is 0.478 e. The normalized spacial score (nSPS) is 10.5. The van der Waals surface area contributed by atoms with Crippen molar-refractivity contribution in [3.63, 3.8) is 0 Å². The Balaban J connectivity index is 3.15. The number of carbonyl (C=O) groups is 1. The van der Waals surface area contributed by atoms with Gasteiger partial charge < -0.3 is 10.1 Å². The van der Waals surface area contributed by atoms with E-state index in [9.17, 15) is 9.59 Å². The number of pyridine rings is 1. The zero-order valence-corrected chi connectivity index (χ0v) is 8.20. The van der Waals surface area contributed by atoms with Crippen molar-refractivity contribution in [2.75, 3.05) is 0 Å². The van der Waals surface area contributed by atoms with Gasteiger partial charge in [0.05, 0.1) is 5.56 Å². The quantitative estimate of drug-likeness (QED) is 0.763. The number of H-pyrrole nitrogens is 1. The summed E-state index contributed by atoms with van der Waals surface area (Å²) in [6, 6.07) is 1.13. The van der Waals surface area contributed by atoms with Gasteiger partial charge >= 0.3 is 5.97 Å². The molecule has 1 heterocycles. The van der Waals surface area contributed by atoms with Crippen LogP contribution in [-0.2, 0) is 6.42 Å². The molecule has 0 unspecified atom stereocenters. The Morgan fingerprint density at radius 3 is 2.71 bits per heavy atom. The number of aromatic amines is 1. The van der Waals surface area contributed by atoms with Gasteiger partial charge in [-0.05, 0) is 17.9 Å². The van der Waals surface area contributed by atoms with Gasteiger partial charge in [-0.25, -0.2) is 4.79 Å². The fourth-order valence-corrected chi connectivity index (χ4v) is 1.31. The summed E-state index contributed by atoms with van der Waals surface area (Å²) in [4.78, 5) is 24.2. The van der Waals surface area contributed by atoms with Crippen molar-refractivity contribution in [2.45, 2.75) is 20.3 Å². The summed E-state index contributed by atoms with van der Waals surface area (Å²) in [7, 11) is 0. The predicted molar refractivity (Wildman–Crippen MR) is 52.6 cm³/mol. The van der Waals surface area contributed by atoms with Gasteiger partial charge in [-0.2, -0.15) is 0 Å². The first-order valence-corrected chi connectivity index (χ1v) is 4.45. The highest BCUT2D eigenvalue weighted by Crippen LogP contribution is 2.10. The number of aromatic nitrogens is 1. The molecule has 0 amide bonds. The SMILES string of the molecule is CC(C)Cc1c[nH]c(=O)cc1C(=O)O. The van der Waals surface area contributed by atoms with Crippen LogP contribution in [0.15, 0.2) is 17.1 Å². The topological polar surface area (TPSA) is 70.2 Å². The van der Waals surface area contributed by atoms with Crippen molar-refractivity contribution >= 4 is 5.97 Å². The molecule has 14 heavy (non-hydrogen) atoms. The average Bonchev–Trinajstić information content (AvgIpc) is 2.07. The molecule has 4 heteroatoms. The Kier molecular flexibility index (Phi) is 3.06. The highest BCUT2D eigenvalue weighted by Gasteiger charge is 2.11. The molecule has 1 aromatic rings. The van der Waals surface area contributed by atoms with Crippen LogP contribution in [-0.4, -0.2) is 16.1 Å². The molecule has 2 N–H and O–H groups in total. The van der Waals surface area contributed by atoms with Gasteiger partial charge in [0.15, 0.2) is 0 Å². The first kappa shape index (κ1) is 10.5. The number of carboxylic acids is 1. The number of hydrogen-bond donors (Lipinski definition) is 2. The molecule has 0 fully saturated rings. The molecular weight excluding hydrogens is 182 g/mol. The lowest BCUT2D eigenvalue weighted by atomic mass is 10.0. The highest BCUT2D eigenvalue weighted by molar-refractivity contribution is 5.89. The molecule has 0 aliphatic heterocycles. The molecule has 0 aliphatic carbocycles. The maximum atomic E-state index is 10.9. The number of nitrogens with one attached hydrogen (secondary N) is 1. The second-order valence-electron chi connectivity index (χ2n) is 3.64. The molecule has 1 aromatic heterocycles. The Bertz CT molecular complexity index is 393. The smallest absolute Gasteiger partial charge is 0.336 e. The number of carboxylic acid groups (broad SMARTS) is 1. The highest BCUT2D eigenvalue weighted by atomic mass is 16.4. The van der Waals surface area contributed by atoms with E-state index in [1.807, 2.05) is 13.8 Å². The van der Waals surface area contributed by atoms with Crippen molar-refractivity contribution in [2.24, 2.45) is 5.92 Å². The Hall–Kier alpha value is -1.58. The molecule has 0 atom stereocenters. The molecule has 1 rings (SSSR count). The van der Waals surface area contributed by atoms with Crippen molar-refractivity contribution < 1.29 is 9.90 Å². The Morgan fingerprint density at radius 2 is 2.21 bits per heavy atom. The van der Waals surface area contributed by atoms with Crippen LogP contribution < -0.4 is 5.56 Å². The van der Waals surface area contributed by atoms with Crippen molar-refractivity contribution in [3.8, 4) is 0 Å². The van der Waals surface area contributed by atoms with Gasteiger partial charge in [0, 0.05) is 12.3 Å². The van der Waals surface area contributed by atoms with E-state index in [0.29, 0.717) is 17.9 Å². The van der Waals surface area contributed by atoms with E-state index in [2.05, 4.69) is 4.98 Å². The van der Waals surface area contributed by atoms with Gasteiger partial charge in [0.1, 0.15) is 0 Å². The van der Waals surface area contributed by atoms with E-state index >= 15 is 0 Å². The van der Waals surface area contributed by atoms with E-state index in [1.54, 1.807) is 0 Å². The second-order valence-corrected chi connectivity index (χ2v) is 3.64. The van der Waals surface area contributed by atoms with E-state index in [0.717, 1.165) is 6.07 Å². The minimum atomic E-state index is -1.05. The summed E-state index contributed by atoms with van der Waals surface area (Å²) in [5.41, 5.74) is 0.393. The summed E-state index contributed by atoms with van der Waals surface area (Å²) in [6.07, 6.45) is 2.13. The lowest BCUT2D eigenvalue weighted by Gasteiger charge is -2.07. The maximum Gasteiger partial charge on any atom is 0.336 e. The molecule has 0 bridgehead atoms. The molecule has 0 radical (unpaired) electrons. The Labute approximate surface area is 81.6 Å². The van der Waals surface area contributed by atoms with Gasteiger partial charge in [0.25, 0.3) is 0 Å². The third kappa shape index (κ3) is 2.45. The number of aromatic carboxylic acids is 1. The molecule has 0 aromatic carbocycles. The van der Waals surface area contributed by atoms with Gasteiger partial charge in [0.2, 0.25) is 5.56 Å². The standard InChI is InChI=1S/C10H13NO3/c1-6(2)3-7-5-11-9(12)4-8(7)10(13)14/h4-6H,3H2,1-2H3,(H,11,12)(H,13,14). The number of hydrogen-bond acceptors (Lipinski definition) is 2. The van der Waals surface area contributed by atoms with Crippen LogP contribution in [0.1, 0.15) is 29.8 Å².